The number of unbranched alkanes of at least 4 members (excludes halogenated alkanes) is 1. The van der Waals surface area contributed by atoms with Gasteiger partial charge in [-0.3, -0.25) is 14.9 Å². The fourth-order valence-corrected chi connectivity index (χ4v) is 4.29. The summed E-state index contributed by atoms with van der Waals surface area (Å²) in [7, 11) is 0. The van der Waals surface area contributed by atoms with E-state index in [0.29, 0.717) is 6.42 Å². The molecule has 1 aliphatic carbocycles. The van der Waals surface area contributed by atoms with Crippen molar-refractivity contribution >= 4 is 23.8 Å². The van der Waals surface area contributed by atoms with Crippen LogP contribution in [0.3, 0.4) is 0 Å². The first-order chi connectivity index (χ1) is 17.0. The lowest BCUT2D eigenvalue weighted by Crippen LogP contribution is -2.37. The Kier molecular flexibility index (Phi) is 7.39. The number of fused-ring (bicyclic) bond motifs is 3. The lowest BCUT2D eigenvalue weighted by molar-refractivity contribution is -0.137. The van der Waals surface area contributed by atoms with Crippen molar-refractivity contribution in [3.05, 3.63) is 65.4 Å². The number of benzene rings is 2. The quantitative estimate of drug-likeness (QED) is 0.393. The minimum atomic E-state index is -1.03. The maximum Gasteiger partial charge on any atom is 0.412 e. The lowest BCUT2D eigenvalue weighted by Gasteiger charge is -2.16. The van der Waals surface area contributed by atoms with Crippen LogP contribution >= 0.6 is 0 Å². The molecule has 1 aliphatic rings. The van der Waals surface area contributed by atoms with Gasteiger partial charge >= 0.3 is 12.1 Å². The normalized spacial score (nSPS) is 12.9. The molecule has 0 radical (unpaired) electrons. The zero-order valence-electron chi connectivity index (χ0n) is 19.2. The molecule has 182 valence electrons. The van der Waals surface area contributed by atoms with Crippen molar-refractivity contribution < 1.29 is 28.9 Å². The molecule has 3 aromatic rings. The van der Waals surface area contributed by atoms with Gasteiger partial charge < -0.3 is 15.2 Å². The molecular formula is C25H26N4O6. The average Bonchev–Trinajstić information content (AvgIpc) is 3.43. The molecule has 0 saturated carbocycles. The molecule has 0 bridgehead atoms. The summed E-state index contributed by atoms with van der Waals surface area (Å²) < 4.78 is 10.1. The number of aromatic nitrogens is 2. The van der Waals surface area contributed by atoms with Crippen molar-refractivity contribution in [1.29, 1.82) is 0 Å². The molecule has 0 spiro atoms. The molecular weight excluding hydrogens is 452 g/mol. The Hall–Kier alpha value is -4.21. The molecule has 2 aromatic carbocycles. The minimum Gasteiger partial charge on any atom is -0.481 e. The van der Waals surface area contributed by atoms with Gasteiger partial charge in [0.1, 0.15) is 6.61 Å². The van der Waals surface area contributed by atoms with E-state index < -0.39 is 24.0 Å². The predicted molar refractivity (Wildman–Crippen MR) is 126 cm³/mol. The Balaban J connectivity index is 1.39. The highest BCUT2D eigenvalue weighted by atomic mass is 16.6. The van der Waals surface area contributed by atoms with Crippen molar-refractivity contribution in [2.24, 2.45) is 0 Å². The first kappa shape index (κ1) is 23.9. The molecule has 1 atom stereocenters. The maximum absolute atomic E-state index is 12.6. The number of amides is 2. The van der Waals surface area contributed by atoms with Crippen LogP contribution in [-0.4, -0.2) is 46.0 Å². The number of ether oxygens (including phenoxy) is 1. The van der Waals surface area contributed by atoms with Crippen LogP contribution in [0.2, 0.25) is 0 Å². The highest BCUT2D eigenvalue weighted by molar-refractivity contribution is 5.99. The van der Waals surface area contributed by atoms with Crippen LogP contribution in [0.15, 0.2) is 53.2 Å². The van der Waals surface area contributed by atoms with Crippen molar-refractivity contribution in [3.8, 4) is 11.1 Å². The molecule has 10 nitrogen and oxygen atoms in total. The van der Waals surface area contributed by atoms with Crippen molar-refractivity contribution in [2.75, 3.05) is 11.9 Å². The monoisotopic (exact) mass is 478 g/mol. The SMILES string of the molecule is CCCC[C@@H](CC(=O)O)NC(=O)c1nonc1NC(=O)OCC1c2ccccc2-c2ccccc21. The van der Waals surface area contributed by atoms with Gasteiger partial charge in [0.15, 0.2) is 0 Å². The van der Waals surface area contributed by atoms with E-state index in [9.17, 15) is 14.4 Å². The number of carbonyl (C=O) groups excluding carboxylic acids is 2. The third kappa shape index (κ3) is 5.48. The largest absolute Gasteiger partial charge is 0.481 e. The smallest absolute Gasteiger partial charge is 0.412 e. The van der Waals surface area contributed by atoms with Crippen LogP contribution in [0.4, 0.5) is 10.6 Å². The summed E-state index contributed by atoms with van der Waals surface area (Å²) in [6.07, 6.45) is 1.05. The highest BCUT2D eigenvalue weighted by Crippen LogP contribution is 2.44. The zero-order valence-corrected chi connectivity index (χ0v) is 19.2. The zero-order chi connectivity index (χ0) is 24.8. The number of carboxylic acid groups (broad SMARTS) is 1. The van der Waals surface area contributed by atoms with Gasteiger partial charge in [-0.1, -0.05) is 68.3 Å². The number of carboxylic acids is 1. The van der Waals surface area contributed by atoms with Crippen LogP contribution in [0.25, 0.3) is 11.1 Å². The number of carbonyl (C=O) groups is 3. The molecule has 35 heavy (non-hydrogen) atoms. The molecule has 1 aromatic heterocycles. The van der Waals surface area contributed by atoms with Crippen molar-refractivity contribution in [1.82, 2.24) is 15.6 Å². The summed E-state index contributed by atoms with van der Waals surface area (Å²) in [6, 6.07) is 15.4. The number of hydrogen-bond donors (Lipinski definition) is 3. The summed E-state index contributed by atoms with van der Waals surface area (Å²) in [5.74, 6) is -2.05. The Morgan fingerprint density at radius 3 is 2.34 bits per heavy atom. The molecule has 0 saturated heterocycles. The van der Waals surface area contributed by atoms with Gasteiger partial charge in [-0.25, -0.2) is 9.42 Å². The second-order valence-corrected chi connectivity index (χ2v) is 8.32. The van der Waals surface area contributed by atoms with Gasteiger partial charge in [0.2, 0.25) is 11.5 Å². The third-order valence-corrected chi connectivity index (χ3v) is 5.93. The van der Waals surface area contributed by atoms with Crippen LogP contribution < -0.4 is 10.6 Å². The van der Waals surface area contributed by atoms with Crippen LogP contribution in [0.5, 0.6) is 0 Å². The number of anilines is 1. The van der Waals surface area contributed by atoms with Crippen LogP contribution in [0.1, 0.15) is 60.1 Å². The third-order valence-electron chi connectivity index (χ3n) is 5.93. The van der Waals surface area contributed by atoms with E-state index in [1.165, 1.54) is 0 Å². The fourth-order valence-electron chi connectivity index (χ4n) is 4.29. The average molecular weight is 479 g/mol. The van der Waals surface area contributed by atoms with Crippen molar-refractivity contribution in [3.63, 3.8) is 0 Å². The van der Waals surface area contributed by atoms with E-state index in [2.05, 4.69) is 25.6 Å². The highest BCUT2D eigenvalue weighted by Gasteiger charge is 2.30. The van der Waals surface area contributed by atoms with E-state index in [4.69, 9.17) is 9.84 Å². The summed E-state index contributed by atoms with van der Waals surface area (Å²) in [4.78, 5) is 36.3. The van der Waals surface area contributed by atoms with Crippen LogP contribution in [0, 0.1) is 0 Å². The molecule has 1 heterocycles. The topological polar surface area (TPSA) is 144 Å². The van der Waals surface area contributed by atoms with Gasteiger partial charge in [-0.05, 0) is 39.0 Å². The molecule has 10 heteroatoms. The van der Waals surface area contributed by atoms with E-state index >= 15 is 0 Å². The molecule has 4 rings (SSSR count). The second kappa shape index (κ2) is 10.8. The minimum absolute atomic E-state index is 0.0877. The molecule has 0 unspecified atom stereocenters. The Bertz CT molecular complexity index is 1180. The van der Waals surface area contributed by atoms with Gasteiger partial charge in [0.25, 0.3) is 5.91 Å². The summed E-state index contributed by atoms with van der Waals surface area (Å²) in [6.45, 7) is 2.06. The maximum atomic E-state index is 12.6. The number of hydrogen-bond acceptors (Lipinski definition) is 7. The molecule has 0 fully saturated rings. The van der Waals surface area contributed by atoms with E-state index in [1.807, 2.05) is 55.5 Å². The van der Waals surface area contributed by atoms with Gasteiger partial charge in [0.05, 0.1) is 6.42 Å². The molecule has 3 N–H and O–H groups in total. The van der Waals surface area contributed by atoms with Gasteiger partial charge in [0, 0.05) is 12.0 Å². The number of rotatable bonds is 10. The first-order valence-electron chi connectivity index (χ1n) is 11.4. The Morgan fingerprint density at radius 2 is 1.71 bits per heavy atom. The Labute approximate surface area is 201 Å². The number of aliphatic carboxylic acids is 1. The van der Waals surface area contributed by atoms with E-state index in [0.717, 1.165) is 35.1 Å². The van der Waals surface area contributed by atoms with Gasteiger partial charge in [-0.15, -0.1) is 0 Å². The number of nitrogens with zero attached hydrogens (tertiary/aromatic N) is 2. The summed E-state index contributed by atoms with van der Waals surface area (Å²) >= 11 is 0. The van der Waals surface area contributed by atoms with E-state index in [-0.39, 0.29) is 30.5 Å². The second-order valence-electron chi connectivity index (χ2n) is 8.32. The fraction of sp³-hybridized carbons (Fsp3) is 0.320. The van der Waals surface area contributed by atoms with E-state index in [1.54, 1.807) is 0 Å². The van der Waals surface area contributed by atoms with Crippen LogP contribution in [-0.2, 0) is 9.53 Å². The molecule has 0 aliphatic heterocycles. The predicted octanol–water partition coefficient (Wildman–Crippen LogP) is 4.19. The van der Waals surface area contributed by atoms with Crippen molar-refractivity contribution in [2.45, 2.75) is 44.6 Å². The lowest BCUT2D eigenvalue weighted by atomic mass is 9.98. The number of nitrogens with one attached hydrogen (secondary N) is 2. The molecule has 2 amide bonds. The van der Waals surface area contributed by atoms with Gasteiger partial charge in [-0.2, -0.15) is 0 Å². The summed E-state index contributed by atoms with van der Waals surface area (Å²) in [5, 5.41) is 21.3. The standard InChI is InChI=1S/C25H26N4O6/c1-2-3-8-15(13-21(30)31)26-24(32)22-23(29-35-28-22)27-25(33)34-14-20-18-11-6-4-9-16(18)17-10-5-7-12-19(17)20/h4-7,9-12,15,20H,2-3,8,13-14H2,1H3,(H,26,32)(H,30,31)(H,27,29,33)/t15-/m0/s1. The first-order valence-corrected chi connectivity index (χ1v) is 11.4. The Morgan fingerprint density at radius 1 is 1.06 bits per heavy atom. The summed E-state index contributed by atoms with van der Waals surface area (Å²) in [5.41, 5.74) is 4.10.